The minimum Gasteiger partial charge on any atom is -0.481 e. The van der Waals surface area contributed by atoms with E-state index in [1.807, 2.05) is 0 Å². The highest BCUT2D eigenvalue weighted by Gasteiger charge is 2.23. The Balaban J connectivity index is 3.25. The van der Waals surface area contributed by atoms with Gasteiger partial charge in [0, 0.05) is 10.0 Å². The molecule has 0 amide bonds. The van der Waals surface area contributed by atoms with Crippen molar-refractivity contribution in [1.82, 2.24) is 0 Å². The summed E-state index contributed by atoms with van der Waals surface area (Å²) >= 11 is 8.74. The molecule has 0 aliphatic rings. The maximum absolute atomic E-state index is 13.6. The molecule has 1 atom stereocenters. The highest BCUT2D eigenvalue weighted by atomic mass is 79.9. The van der Waals surface area contributed by atoms with Gasteiger partial charge in [-0.2, -0.15) is 0 Å². The van der Waals surface area contributed by atoms with Gasteiger partial charge in [0.25, 0.3) is 0 Å². The van der Waals surface area contributed by atoms with Crippen molar-refractivity contribution in [3.8, 4) is 0 Å². The Morgan fingerprint density at radius 1 is 1.67 bits per heavy atom. The van der Waals surface area contributed by atoms with Crippen LogP contribution < -0.4 is 0 Å². The van der Waals surface area contributed by atoms with Gasteiger partial charge in [-0.1, -0.05) is 24.6 Å². The first-order valence-corrected chi connectivity index (χ1v) is 5.52. The number of benzene rings is 1. The molecule has 0 aliphatic heterocycles. The molecule has 5 heteroatoms. The third-order valence-electron chi connectivity index (χ3n) is 2.15. The lowest BCUT2D eigenvalue weighted by atomic mass is 9.96. The van der Waals surface area contributed by atoms with Gasteiger partial charge >= 0.3 is 5.97 Å². The molecule has 1 N–H and O–H groups in total. The highest BCUT2D eigenvalue weighted by Crippen LogP contribution is 2.32. The fraction of sp³-hybridized carbons (Fsp3) is 0.300. The minimum absolute atomic E-state index is 0.0767. The van der Waals surface area contributed by atoms with Crippen LogP contribution in [0, 0.1) is 5.82 Å². The second kappa shape index (κ2) is 4.94. The first-order valence-electron chi connectivity index (χ1n) is 4.35. The van der Waals surface area contributed by atoms with Crippen molar-refractivity contribution in [2.24, 2.45) is 0 Å². The van der Waals surface area contributed by atoms with Crippen LogP contribution in [0.25, 0.3) is 0 Å². The summed E-state index contributed by atoms with van der Waals surface area (Å²) in [5.41, 5.74) is 0.123. The first-order chi connectivity index (χ1) is 6.99. The molecule has 0 fully saturated rings. The largest absolute Gasteiger partial charge is 0.481 e. The average molecular weight is 296 g/mol. The maximum Gasteiger partial charge on any atom is 0.311 e. The van der Waals surface area contributed by atoms with Gasteiger partial charge in [0.2, 0.25) is 0 Å². The average Bonchev–Trinajstić information content (AvgIpc) is 2.18. The Bertz CT molecular complexity index is 395. The van der Waals surface area contributed by atoms with Crippen molar-refractivity contribution in [3.63, 3.8) is 0 Å². The fourth-order valence-corrected chi connectivity index (χ4v) is 1.82. The SMILES string of the molecule is CCC(C(=O)O)c1ccc(Br)c(Cl)c1F. The second-order valence-corrected chi connectivity index (χ2v) is 4.30. The summed E-state index contributed by atoms with van der Waals surface area (Å²) in [7, 11) is 0. The van der Waals surface area contributed by atoms with Crippen LogP contribution in [0.3, 0.4) is 0 Å². The molecule has 1 aromatic carbocycles. The molecule has 15 heavy (non-hydrogen) atoms. The zero-order valence-corrected chi connectivity index (χ0v) is 10.3. The van der Waals surface area contributed by atoms with Gasteiger partial charge in [0.05, 0.1) is 10.9 Å². The van der Waals surface area contributed by atoms with Crippen molar-refractivity contribution in [1.29, 1.82) is 0 Å². The second-order valence-electron chi connectivity index (χ2n) is 3.06. The predicted molar refractivity (Wildman–Crippen MR) is 59.8 cm³/mol. The number of hydrogen-bond acceptors (Lipinski definition) is 1. The van der Waals surface area contributed by atoms with Crippen molar-refractivity contribution in [3.05, 3.63) is 33.0 Å². The molecule has 0 spiro atoms. The molecule has 1 aromatic rings. The molecule has 82 valence electrons. The quantitative estimate of drug-likeness (QED) is 0.861. The lowest BCUT2D eigenvalue weighted by molar-refractivity contribution is -0.138. The zero-order valence-electron chi connectivity index (χ0n) is 7.93. The van der Waals surface area contributed by atoms with Crippen molar-refractivity contribution in [2.75, 3.05) is 0 Å². The summed E-state index contributed by atoms with van der Waals surface area (Å²) in [6.07, 6.45) is 0.324. The van der Waals surface area contributed by atoms with Crippen LogP contribution in [0.1, 0.15) is 24.8 Å². The number of carboxylic acid groups (broad SMARTS) is 1. The van der Waals surface area contributed by atoms with E-state index in [0.29, 0.717) is 10.9 Å². The van der Waals surface area contributed by atoms with E-state index in [9.17, 15) is 9.18 Å². The molecule has 2 nitrogen and oxygen atoms in total. The topological polar surface area (TPSA) is 37.3 Å². The summed E-state index contributed by atoms with van der Waals surface area (Å²) in [6, 6.07) is 2.99. The van der Waals surface area contributed by atoms with E-state index in [1.165, 1.54) is 6.07 Å². The molecule has 0 aliphatic carbocycles. The van der Waals surface area contributed by atoms with Crippen molar-refractivity contribution >= 4 is 33.5 Å². The van der Waals surface area contributed by atoms with Crippen LogP contribution >= 0.6 is 27.5 Å². The number of halogens is 3. The maximum atomic E-state index is 13.6. The lowest BCUT2D eigenvalue weighted by Crippen LogP contribution is -2.12. The van der Waals surface area contributed by atoms with E-state index in [-0.39, 0.29) is 10.6 Å². The zero-order chi connectivity index (χ0) is 11.6. The smallest absolute Gasteiger partial charge is 0.311 e. The molecular weight excluding hydrogens is 286 g/mol. The van der Waals surface area contributed by atoms with Crippen molar-refractivity contribution in [2.45, 2.75) is 19.3 Å². The fourth-order valence-electron chi connectivity index (χ4n) is 1.34. The highest BCUT2D eigenvalue weighted by molar-refractivity contribution is 9.10. The van der Waals surface area contributed by atoms with Gasteiger partial charge < -0.3 is 5.11 Å². The molecule has 0 bridgehead atoms. The number of hydrogen-bond donors (Lipinski definition) is 1. The van der Waals surface area contributed by atoms with E-state index in [2.05, 4.69) is 15.9 Å². The Hall–Kier alpha value is -0.610. The molecule has 0 saturated carbocycles. The Labute approximate surface area is 100 Å². The summed E-state index contributed by atoms with van der Waals surface area (Å²) in [5, 5.41) is 8.81. The molecule has 0 heterocycles. The molecule has 0 radical (unpaired) electrons. The van der Waals surface area contributed by atoms with Crippen LogP contribution in [0.2, 0.25) is 5.02 Å². The lowest BCUT2D eigenvalue weighted by Gasteiger charge is -2.12. The van der Waals surface area contributed by atoms with Crippen LogP contribution in [0.5, 0.6) is 0 Å². The van der Waals surface area contributed by atoms with Crippen LogP contribution in [0.15, 0.2) is 16.6 Å². The van der Waals surface area contributed by atoms with Gasteiger partial charge in [-0.3, -0.25) is 4.79 Å². The third kappa shape index (κ3) is 2.49. The number of carboxylic acids is 1. The van der Waals surface area contributed by atoms with Gasteiger partial charge in [-0.25, -0.2) is 4.39 Å². The third-order valence-corrected chi connectivity index (χ3v) is 3.41. The van der Waals surface area contributed by atoms with Crippen molar-refractivity contribution < 1.29 is 14.3 Å². The van der Waals surface area contributed by atoms with Crippen LogP contribution in [-0.4, -0.2) is 11.1 Å². The van der Waals surface area contributed by atoms with E-state index in [4.69, 9.17) is 16.7 Å². The van der Waals surface area contributed by atoms with Crippen LogP contribution in [-0.2, 0) is 4.79 Å². The predicted octanol–water partition coefficient (Wildman–Crippen LogP) is 3.82. The Kier molecular flexibility index (Phi) is 4.11. The van der Waals surface area contributed by atoms with Gasteiger partial charge in [-0.15, -0.1) is 0 Å². The number of rotatable bonds is 3. The summed E-state index contributed by atoms with van der Waals surface area (Å²) in [4.78, 5) is 10.9. The van der Waals surface area contributed by atoms with Gasteiger partial charge in [-0.05, 0) is 28.4 Å². The Morgan fingerprint density at radius 2 is 2.27 bits per heavy atom. The van der Waals surface area contributed by atoms with Crippen LogP contribution in [0.4, 0.5) is 4.39 Å². The van der Waals surface area contributed by atoms with Gasteiger partial charge in [0.15, 0.2) is 0 Å². The monoisotopic (exact) mass is 294 g/mol. The van der Waals surface area contributed by atoms with E-state index in [0.717, 1.165) is 0 Å². The normalized spacial score (nSPS) is 12.5. The van der Waals surface area contributed by atoms with Gasteiger partial charge in [0.1, 0.15) is 5.82 Å². The standard InChI is InChI=1S/C10H9BrClFO2/c1-2-5(10(14)15)6-3-4-7(11)8(12)9(6)13/h3-5H,2H2,1H3,(H,14,15). The Morgan fingerprint density at radius 3 is 2.73 bits per heavy atom. The van der Waals surface area contributed by atoms with E-state index < -0.39 is 17.7 Å². The summed E-state index contributed by atoms with van der Waals surface area (Å²) < 4.78 is 14.1. The molecule has 1 rings (SSSR count). The number of carbonyl (C=O) groups is 1. The minimum atomic E-state index is -1.05. The summed E-state index contributed by atoms with van der Waals surface area (Å²) in [6.45, 7) is 1.69. The number of aliphatic carboxylic acids is 1. The molecule has 1 unspecified atom stereocenters. The molecule has 0 saturated heterocycles. The summed E-state index contributed by atoms with van der Waals surface area (Å²) in [5.74, 6) is -2.56. The molecule has 0 aromatic heterocycles. The first kappa shape index (κ1) is 12.5. The van der Waals surface area contributed by atoms with E-state index in [1.54, 1.807) is 13.0 Å². The van der Waals surface area contributed by atoms with E-state index >= 15 is 0 Å². The molecular formula is C10H9BrClFO2.